The number of amides is 2. The van der Waals surface area contributed by atoms with Crippen molar-refractivity contribution in [2.75, 3.05) is 6.54 Å². The van der Waals surface area contributed by atoms with Crippen LogP contribution >= 0.6 is 0 Å². The number of carbonyl (C=O) groups excluding carboxylic acids is 2. The van der Waals surface area contributed by atoms with E-state index in [9.17, 15) is 9.59 Å². The number of primary amides is 1. The second-order valence-corrected chi connectivity index (χ2v) is 4.55. The molecule has 1 heterocycles. The van der Waals surface area contributed by atoms with Crippen LogP contribution in [0.5, 0.6) is 0 Å². The monoisotopic (exact) mass is 272 g/mol. The molecule has 0 saturated carbocycles. The fourth-order valence-corrected chi connectivity index (χ4v) is 1.97. The normalized spacial score (nSPS) is 20.8. The van der Waals surface area contributed by atoms with E-state index in [0.717, 1.165) is 5.56 Å². The van der Waals surface area contributed by atoms with Gasteiger partial charge in [-0.25, -0.2) is 0 Å². The lowest BCUT2D eigenvalue weighted by Crippen LogP contribution is -2.34. The quantitative estimate of drug-likeness (QED) is 0.771. The largest absolute Gasteiger partial charge is 0.367 e. The number of benzene rings is 1. The van der Waals surface area contributed by atoms with Crippen LogP contribution in [0.15, 0.2) is 30.3 Å². The summed E-state index contributed by atoms with van der Waals surface area (Å²) in [6, 6.07) is 9.27. The van der Waals surface area contributed by atoms with Crippen LogP contribution in [0.25, 0.3) is 0 Å². The van der Waals surface area contributed by atoms with Gasteiger partial charge in [-0.15, -0.1) is 0 Å². The van der Waals surface area contributed by atoms with Crippen molar-refractivity contribution in [3.63, 3.8) is 0 Å². The zero-order chi connectivity index (χ0) is 14.4. The van der Waals surface area contributed by atoms with Gasteiger partial charge in [0.1, 0.15) is 6.10 Å². The zero-order valence-corrected chi connectivity index (χ0v) is 11.0. The lowest BCUT2D eigenvalue weighted by atomic mass is 10.2. The molecule has 5 heteroatoms. The number of carbonyl (C=O) groups is 2. The number of rotatable bonds is 3. The predicted octanol–water partition coefficient (Wildman–Crippen LogP) is 0.187. The Morgan fingerprint density at radius 2 is 2.05 bits per heavy atom. The lowest BCUT2D eigenvalue weighted by Gasteiger charge is -2.11. The van der Waals surface area contributed by atoms with Crippen LogP contribution in [0.2, 0.25) is 0 Å². The molecule has 1 aliphatic rings. The first-order valence-electron chi connectivity index (χ1n) is 6.45. The summed E-state index contributed by atoms with van der Waals surface area (Å²) >= 11 is 0. The lowest BCUT2D eigenvalue weighted by molar-refractivity contribution is -0.128. The van der Waals surface area contributed by atoms with E-state index in [1.807, 2.05) is 30.3 Å². The fraction of sp³-hybridized carbons (Fsp3) is 0.333. The molecule has 1 aromatic rings. The molecule has 2 rings (SSSR count). The van der Waals surface area contributed by atoms with Crippen LogP contribution in [0.4, 0.5) is 0 Å². The zero-order valence-electron chi connectivity index (χ0n) is 11.0. The summed E-state index contributed by atoms with van der Waals surface area (Å²) in [6.07, 6.45) is 0.605. The fourth-order valence-electron chi connectivity index (χ4n) is 1.97. The van der Waals surface area contributed by atoms with Crippen LogP contribution in [-0.4, -0.2) is 30.6 Å². The molecule has 2 amide bonds. The Labute approximate surface area is 117 Å². The third-order valence-corrected chi connectivity index (χ3v) is 3.01. The van der Waals surface area contributed by atoms with Crippen molar-refractivity contribution in [1.82, 2.24) is 5.32 Å². The molecule has 0 spiro atoms. The molecule has 0 aromatic heterocycles. The van der Waals surface area contributed by atoms with Crippen LogP contribution < -0.4 is 11.1 Å². The van der Waals surface area contributed by atoms with Crippen molar-refractivity contribution in [1.29, 1.82) is 0 Å². The van der Waals surface area contributed by atoms with Crippen molar-refractivity contribution in [3.8, 4) is 11.8 Å². The maximum Gasteiger partial charge on any atom is 0.296 e. The number of ether oxygens (including phenoxy) is 1. The SMILES string of the molecule is NC(=O)[C@@H]1CC[C@@H](CNC(=O)C#Cc2ccccc2)O1. The maximum atomic E-state index is 11.6. The van der Waals surface area contributed by atoms with Gasteiger partial charge in [-0.3, -0.25) is 9.59 Å². The highest BCUT2D eigenvalue weighted by atomic mass is 16.5. The minimum Gasteiger partial charge on any atom is -0.367 e. The Morgan fingerprint density at radius 1 is 1.30 bits per heavy atom. The van der Waals surface area contributed by atoms with E-state index in [-0.39, 0.29) is 12.0 Å². The number of hydrogen-bond acceptors (Lipinski definition) is 3. The number of hydrogen-bond donors (Lipinski definition) is 2. The summed E-state index contributed by atoms with van der Waals surface area (Å²) in [6.45, 7) is 0.339. The van der Waals surface area contributed by atoms with Gasteiger partial charge in [0.25, 0.3) is 5.91 Å². The summed E-state index contributed by atoms with van der Waals surface area (Å²) in [4.78, 5) is 22.5. The highest BCUT2D eigenvalue weighted by Crippen LogP contribution is 2.18. The van der Waals surface area contributed by atoms with Crippen molar-refractivity contribution in [2.45, 2.75) is 25.0 Å². The molecule has 1 aromatic carbocycles. The van der Waals surface area contributed by atoms with Gasteiger partial charge in [0, 0.05) is 18.0 Å². The molecule has 1 aliphatic heterocycles. The highest BCUT2D eigenvalue weighted by Gasteiger charge is 2.28. The van der Waals surface area contributed by atoms with Crippen molar-refractivity contribution in [3.05, 3.63) is 35.9 Å². The van der Waals surface area contributed by atoms with E-state index in [1.54, 1.807) is 0 Å². The molecular weight excluding hydrogens is 256 g/mol. The van der Waals surface area contributed by atoms with Gasteiger partial charge < -0.3 is 15.8 Å². The molecule has 0 aliphatic carbocycles. The molecule has 104 valence electrons. The van der Waals surface area contributed by atoms with Gasteiger partial charge in [0.2, 0.25) is 5.91 Å². The molecule has 3 N–H and O–H groups in total. The summed E-state index contributed by atoms with van der Waals surface area (Å²) in [5, 5.41) is 2.66. The van der Waals surface area contributed by atoms with Crippen molar-refractivity contribution >= 4 is 11.8 Å². The topological polar surface area (TPSA) is 81.4 Å². The molecule has 0 unspecified atom stereocenters. The first-order chi connectivity index (χ1) is 9.65. The molecule has 1 saturated heterocycles. The Morgan fingerprint density at radius 3 is 2.70 bits per heavy atom. The minimum atomic E-state index is -0.535. The molecule has 20 heavy (non-hydrogen) atoms. The van der Waals surface area contributed by atoms with Gasteiger partial charge in [-0.1, -0.05) is 24.1 Å². The second-order valence-electron chi connectivity index (χ2n) is 4.55. The predicted molar refractivity (Wildman–Crippen MR) is 73.4 cm³/mol. The standard InChI is InChI=1S/C15H16N2O3/c16-15(19)13-8-7-12(20-13)10-17-14(18)9-6-11-4-2-1-3-5-11/h1-5,12-13H,7-8,10H2,(H2,16,19)(H,17,18)/t12-,13-/m0/s1. The van der Waals surface area contributed by atoms with E-state index in [1.165, 1.54) is 0 Å². The minimum absolute atomic E-state index is 0.171. The molecule has 0 radical (unpaired) electrons. The molecule has 1 fully saturated rings. The maximum absolute atomic E-state index is 11.6. The third kappa shape index (κ3) is 4.11. The Hall–Kier alpha value is -2.32. The molecule has 0 bridgehead atoms. The first kappa shape index (κ1) is 14.1. The first-order valence-corrected chi connectivity index (χ1v) is 6.45. The van der Waals surface area contributed by atoms with Gasteiger partial charge in [0.15, 0.2) is 0 Å². The summed E-state index contributed by atoms with van der Waals surface area (Å²) in [7, 11) is 0. The Kier molecular flexibility index (Phi) is 4.75. The number of nitrogens with one attached hydrogen (secondary N) is 1. The average Bonchev–Trinajstić information content (AvgIpc) is 2.93. The van der Waals surface area contributed by atoms with Crippen LogP contribution in [0.1, 0.15) is 18.4 Å². The van der Waals surface area contributed by atoms with E-state index >= 15 is 0 Å². The Bertz CT molecular complexity index is 545. The van der Waals surface area contributed by atoms with E-state index in [4.69, 9.17) is 10.5 Å². The molecular formula is C15H16N2O3. The van der Waals surface area contributed by atoms with Crippen LogP contribution in [0, 0.1) is 11.8 Å². The molecule has 2 atom stereocenters. The highest BCUT2D eigenvalue weighted by molar-refractivity contribution is 5.94. The summed E-state index contributed by atoms with van der Waals surface area (Å²) in [5.41, 5.74) is 5.94. The molecule has 5 nitrogen and oxygen atoms in total. The average molecular weight is 272 g/mol. The van der Waals surface area contributed by atoms with Crippen LogP contribution in [-0.2, 0) is 14.3 Å². The summed E-state index contributed by atoms with van der Waals surface area (Å²) < 4.78 is 5.40. The Balaban J connectivity index is 1.77. The van der Waals surface area contributed by atoms with E-state index in [2.05, 4.69) is 17.2 Å². The van der Waals surface area contributed by atoms with Crippen molar-refractivity contribution in [2.24, 2.45) is 5.73 Å². The smallest absolute Gasteiger partial charge is 0.296 e. The second kappa shape index (κ2) is 6.73. The number of nitrogens with two attached hydrogens (primary N) is 1. The van der Waals surface area contributed by atoms with Gasteiger partial charge in [-0.05, 0) is 25.0 Å². The van der Waals surface area contributed by atoms with E-state index < -0.39 is 12.0 Å². The third-order valence-electron chi connectivity index (χ3n) is 3.01. The van der Waals surface area contributed by atoms with Gasteiger partial charge in [0.05, 0.1) is 6.10 Å². The van der Waals surface area contributed by atoms with Crippen molar-refractivity contribution < 1.29 is 14.3 Å². The summed E-state index contributed by atoms with van der Waals surface area (Å²) in [5.74, 6) is 4.46. The van der Waals surface area contributed by atoms with Gasteiger partial charge >= 0.3 is 0 Å². The van der Waals surface area contributed by atoms with E-state index in [0.29, 0.717) is 19.4 Å². The van der Waals surface area contributed by atoms with Gasteiger partial charge in [-0.2, -0.15) is 0 Å². The van der Waals surface area contributed by atoms with Crippen LogP contribution in [0.3, 0.4) is 0 Å².